The molecule has 2 rings (SSSR count). The summed E-state index contributed by atoms with van der Waals surface area (Å²) in [4.78, 5) is 13.0. The summed E-state index contributed by atoms with van der Waals surface area (Å²) in [7, 11) is 0. The van der Waals surface area contributed by atoms with Gasteiger partial charge in [0.05, 0.1) is 4.92 Å². The molecule has 5 nitrogen and oxygen atoms in total. The van der Waals surface area contributed by atoms with E-state index in [-0.39, 0.29) is 16.3 Å². The van der Waals surface area contributed by atoms with Crippen molar-refractivity contribution < 1.29 is 4.92 Å². The molecule has 1 aromatic rings. The van der Waals surface area contributed by atoms with E-state index in [1.54, 1.807) is 12.1 Å². The van der Waals surface area contributed by atoms with Gasteiger partial charge in [-0.15, -0.1) is 0 Å². The monoisotopic (exact) mass is 277 g/mol. The van der Waals surface area contributed by atoms with E-state index in [1.165, 1.54) is 6.42 Å². The minimum atomic E-state index is -0.366. The van der Waals surface area contributed by atoms with E-state index in [9.17, 15) is 10.1 Å². The van der Waals surface area contributed by atoms with E-state index in [4.69, 9.17) is 5.73 Å². The number of nitrogen functional groups attached to an aromatic ring is 1. The molecule has 0 aromatic heterocycles. The maximum atomic E-state index is 11.2. The number of anilines is 2. The number of hydrogen-bond donors (Lipinski definition) is 1. The van der Waals surface area contributed by atoms with Crippen molar-refractivity contribution >= 4 is 17.1 Å². The van der Waals surface area contributed by atoms with Gasteiger partial charge < -0.3 is 10.6 Å². The molecule has 0 saturated carbocycles. The van der Waals surface area contributed by atoms with Crippen molar-refractivity contribution in [2.24, 2.45) is 11.8 Å². The summed E-state index contributed by atoms with van der Waals surface area (Å²) >= 11 is 0. The molecule has 0 bridgehead atoms. The molecule has 0 radical (unpaired) electrons. The second-order valence-corrected chi connectivity index (χ2v) is 5.89. The Morgan fingerprint density at radius 1 is 1.35 bits per heavy atom. The van der Waals surface area contributed by atoms with Crippen LogP contribution >= 0.6 is 0 Å². The van der Waals surface area contributed by atoms with Gasteiger partial charge in [-0.05, 0) is 43.2 Å². The molecule has 1 aromatic carbocycles. The van der Waals surface area contributed by atoms with Gasteiger partial charge in [0.25, 0.3) is 0 Å². The highest BCUT2D eigenvalue weighted by atomic mass is 16.6. The number of nitro benzene ring substituents is 1. The molecule has 1 fully saturated rings. The van der Waals surface area contributed by atoms with Crippen LogP contribution in [0.3, 0.4) is 0 Å². The number of hydrogen-bond acceptors (Lipinski definition) is 4. The lowest BCUT2D eigenvalue weighted by Crippen LogP contribution is -2.25. The molecule has 5 heteroatoms. The van der Waals surface area contributed by atoms with Crippen molar-refractivity contribution in [3.63, 3.8) is 0 Å². The lowest BCUT2D eigenvalue weighted by Gasteiger charge is -2.23. The fraction of sp³-hybridized carbons (Fsp3) is 0.600. The average Bonchev–Trinajstić information content (AvgIpc) is 2.63. The van der Waals surface area contributed by atoms with E-state index in [2.05, 4.69) is 18.7 Å². The smallest absolute Gasteiger partial charge is 0.315 e. The Morgan fingerprint density at radius 3 is 2.75 bits per heavy atom. The summed E-state index contributed by atoms with van der Waals surface area (Å²) in [5.74, 6) is 1.38. The maximum Gasteiger partial charge on any atom is 0.315 e. The fourth-order valence-electron chi connectivity index (χ4n) is 3.03. The predicted octanol–water partition coefficient (Wildman–Crippen LogP) is 3.44. The average molecular weight is 277 g/mol. The Hall–Kier alpha value is -1.78. The Labute approximate surface area is 119 Å². The van der Waals surface area contributed by atoms with Gasteiger partial charge >= 0.3 is 5.69 Å². The normalized spacial score (nSPS) is 19.9. The van der Waals surface area contributed by atoms with Gasteiger partial charge in [-0.1, -0.05) is 19.9 Å². The van der Waals surface area contributed by atoms with Gasteiger partial charge in [0, 0.05) is 13.1 Å². The van der Waals surface area contributed by atoms with Crippen molar-refractivity contribution in [3.05, 3.63) is 28.3 Å². The van der Waals surface area contributed by atoms with E-state index in [1.807, 2.05) is 6.07 Å². The van der Waals surface area contributed by atoms with Crippen LogP contribution in [0.4, 0.5) is 17.1 Å². The molecule has 0 spiro atoms. The zero-order chi connectivity index (χ0) is 14.7. The highest BCUT2D eigenvalue weighted by Gasteiger charge is 2.25. The Bertz CT molecular complexity index is 488. The Kier molecular flexibility index (Phi) is 4.47. The first kappa shape index (κ1) is 14.6. The third-order valence-corrected chi connectivity index (χ3v) is 4.28. The van der Waals surface area contributed by atoms with Crippen molar-refractivity contribution in [2.45, 2.75) is 33.1 Å². The number of para-hydroxylation sites is 1. The van der Waals surface area contributed by atoms with Gasteiger partial charge in [0.1, 0.15) is 11.4 Å². The molecule has 1 aliphatic rings. The van der Waals surface area contributed by atoms with Crippen LogP contribution in [0.15, 0.2) is 18.2 Å². The molecule has 110 valence electrons. The van der Waals surface area contributed by atoms with Crippen LogP contribution in [0.1, 0.15) is 33.1 Å². The van der Waals surface area contributed by atoms with Crippen LogP contribution in [0.2, 0.25) is 0 Å². The van der Waals surface area contributed by atoms with Crippen molar-refractivity contribution in [3.8, 4) is 0 Å². The first-order valence-corrected chi connectivity index (χ1v) is 7.28. The number of nitro groups is 1. The van der Waals surface area contributed by atoms with E-state index in [0.29, 0.717) is 17.5 Å². The van der Waals surface area contributed by atoms with Gasteiger partial charge in [0.2, 0.25) is 0 Å². The Morgan fingerprint density at radius 2 is 2.10 bits per heavy atom. The summed E-state index contributed by atoms with van der Waals surface area (Å²) in [6.45, 7) is 6.24. The molecule has 1 atom stereocenters. The van der Waals surface area contributed by atoms with Crippen molar-refractivity contribution in [1.29, 1.82) is 0 Å². The lowest BCUT2D eigenvalue weighted by molar-refractivity contribution is -0.383. The quantitative estimate of drug-likeness (QED) is 0.522. The van der Waals surface area contributed by atoms with Crippen LogP contribution in [-0.2, 0) is 0 Å². The highest BCUT2D eigenvalue weighted by Crippen LogP contribution is 2.36. The van der Waals surface area contributed by atoms with E-state index >= 15 is 0 Å². The van der Waals surface area contributed by atoms with Crippen molar-refractivity contribution in [2.75, 3.05) is 23.7 Å². The number of rotatable bonds is 3. The van der Waals surface area contributed by atoms with Crippen molar-refractivity contribution in [1.82, 2.24) is 0 Å². The van der Waals surface area contributed by atoms with Crippen LogP contribution in [-0.4, -0.2) is 18.0 Å². The van der Waals surface area contributed by atoms with E-state index < -0.39 is 0 Å². The molecule has 1 heterocycles. The number of nitrogens with zero attached hydrogens (tertiary/aromatic N) is 2. The molecular formula is C15H23N3O2. The second kappa shape index (κ2) is 6.11. The van der Waals surface area contributed by atoms with Crippen LogP contribution < -0.4 is 10.6 Å². The summed E-state index contributed by atoms with van der Waals surface area (Å²) in [6.07, 6.45) is 3.36. The van der Waals surface area contributed by atoms with Crippen LogP contribution in [0, 0.1) is 22.0 Å². The van der Waals surface area contributed by atoms with Gasteiger partial charge in [0.15, 0.2) is 0 Å². The van der Waals surface area contributed by atoms with Crippen LogP contribution in [0.25, 0.3) is 0 Å². The third kappa shape index (κ3) is 3.03. The molecule has 0 aliphatic carbocycles. The minimum absolute atomic E-state index is 0.0514. The SMILES string of the molecule is CC(C)C1CCCN(c2cccc(N)c2[N+](=O)[O-])CC1. The topological polar surface area (TPSA) is 72.4 Å². The highest BCUT2D eigenvalue weighted by molar-refractivity contribution is 5.75. The maximum absolute atomic E-state index is 11.2. The van der Waals surface area contributed by atoms with Crippen LogP contribution in [0.5, 0.6) is 0 Å². The third-order valence-electron chi connectivity index (χ3n) is 4.28. The van der Waals surface area contributed by atoms with Gasteiger partial charge in [-0.3, -0.25) is 10.1 Å². The molecule has 1 saturated heterocycles. The number of nitrogens with two attached hydrogens (primary N) is 1. The van der Waals surface area contributed by atoms with E-state index in [0.717, 1.165) is 25.9 Å². The standard InChI is InChI=1S/C15H23N3O2/c1-11(2)12-5-4-9-17(10-8-12)14-7-3-6-13(16)15(14)18(19)20/h3,6-7,11-12H,4-5,8-10,16H2,1-2H3. The molecule has 2 N–H and O–H groups in total. The molecule has 0 amide bonds. The zero-order valence-electron chi connectivity index (χ0n) is 12.2. The summed E-state index contributed by atoms with van der Waals surface area (Å²) in [5, 5.41) is 11.2. The lowest BCUT2D eigenvalue weighted by atomic mass is 9.89. The first-order chi connectivity index (χ1) is 9.50. The summed E-state index contributed by atoms with van der Waals surface area (Å²) < 4.78 is 0. The fourth-order valence-corrected chi connectivity index (χ4v) is 3.03. The summed E-state index contributed by atoms with van der Waals surface area (Å²) in [5.41, 5.74) is 6.74. The first-order valence-electron chi connectivity index (χ1n) is 7.28. The zero-order valence-corrected chi connectivity index (χ0v) is 12.2. The minimum Gasteiger partial charge on any atom is -0.393 e. The Balaban J connectivity index is 2.24. The molecule has 1 aliphatic heterocycles. The summed E-state index contributed by atoms with van der Waals surface area (Å²) in [6, 6.07) is 5.20. The van der Waals surface area contributed by atoms with Gasteiger partial charge in [-0.2, -0.15) is 0 Å². The number of benzene rings is 1. The van der Waals surface area contributed by atoms with Gasteiger partial charge in [-0.25, -0.2) is 0 Å². The molecule has 20 heavy (non-hydrogen) atoms. The second-order valence-electron chi connectivity index (χ2n) is 5.89. The molecule has 1 unspecified atom stereocenters. The largest absolute Gasteiger partial charge is 0.393 e. The molecular weight excluding hydrogens is 254 g/mol. The predicted molar refractivity (Wildman–Crippen MR) is 81.9 cm³/mol.